The number of carbonyl (C=O) groups excluding carboxylic acids is 1. The number of aromatic nitrogens is 4. The molecule has 1 N–H and O–H groups in total. The summed E-state index contributed by atoms with van der Waals surface area (Å²) in [6.45, 7) is -0.449. The summed E-state index contributed by atoms with van der Waals surface area (Å²) < 4.78 is 76.9. The van der Waals surface area contributed by atoms with Gasteiger partial charge in [-0.3, -0.25) is 9.48 Å². The number of imidazole rings is 1. The van der Waals surface area contributed by atoms with Gasteiger partial charge in [0.1, 0.15) is 29.8 Å². The zero-order valence-electron chi connectivity index (χ0n) is 21.5. The maximum absolute atomic E-state index is 14.0. The Morgan fingerprint density at radius 2 is 1.77 bits per heavy atom. The Morgan fingerprint density at radius 3 is 2.45 bits per heavy atom. The van der Waals surface area contributed by atoms with Gasteiger partial charge >= 0.3 is 6.18 Å². The highest BCUT2D eigenvalue weighted by molar-refractivity contribution is 5.76. The third-order valence-electron chi connectivity index (χ3n) is 6.85. The summed E-state index contributed by atoms with van der Waals surface area (Å²) in [5.74, 6) is -1.17. The van der Waals surface area contributed by atoms with E-state index in [-0.39, 0.29) is 24.0 Å². The summed E-state index contributed by atoms with van der Waals surface area (Å²) in [5, 5.41) is 6.57. The molecule has 4 aromatic rings. The summed E-state index contributed by atoms with van der Waals surface area (Å²) in [7, 11) is 1.54. The van der Waals surface area contributed by atoms with Crippen molar-refractivity contribution in [1.82, 2.24) is 24.6 Å². The molecule has 0 saturated carbocycles. The number of rotatable bonds is 8. The molecule has 12 heteroatoms. The van der Waals surface area contributed by atoms with Crippen LogP contribution in [0.3, 0.4) is 0 Å². The van der Waals surface area contributed by atoms with Crippen LogP contribution in [0.2, 0.25) is 0 Å². The zero-order valence-corrected chi connectivity index (χ0v) is 21.5. The van der Waals surface area contributed by atoms with Crippen LogP contribution in [0.25, 0.3) is 5.69 Å². The lowest BCUT2D eigenvalue weighted by Gasteiger charge is -2.21. The van der Waals surface area contributed by atoms with Crippen molar-refractivity contribution in [2.24, 2.45) is 0 Å². The number of methoxy groups -OCH3 is 1. The van der Waals surface area contributed by atoms with Gasteiger partial charge in [0.25, 0.3) is 0 Å². The summed E-state index contributed by atoms with van der Waals surface area (Å²) >= 11 is 0. The van der Waals surface area contributed by atoms with E-state index in [1.165, 1.54) is 13.3 Å². The number of fused-ring (bicyclic) bond motifs is 1. The van der Waals surface area contributed by atoms with Crippen LogP contribution in [-0.2, 0) is 36.8 Å². The molecule has 0 aliphatic heterocycles. The number of amides is 1. The normalized spacial score (nSPS) is 14.1. The molecule has 1 aliphatic carbocycles. The minimum atomic E-state index is -4.63. The average molecular weight is 560 g/mol. The lowest BCUT2D eigenvalue weighted by molar-refractivity contribution is -0.142. The Morgan fingerprint density at radius 1 is 1.07 bits per heavy atom. The van der Waals surface area contributed by atoms with Gasteiger partial charge < -0.3 is 14.6 Å². The lowest BCUT2D eigenvalue weighted by Crippen LogP contribution is -2.35. The van der Waals surface area contributed by atoms with E-state index >= 15 is 0 Å². The summed E-state index contributed by atoms with van der Waals surface area (Å²) in [4.78, 5) is 17.7. The fourth-order valence-electron chi connectivity index (χ4n) is 5.11. The molecule has 0 radical (unpaired) electrons. The molecule has 2 aromatic heterocycles. The van der Waals surface area contributed by atoms with Crippen LogP contribution in [-0.4, -0.2) is 32.3 Å². The molecule has 40 heavy (non-hydrogen) atoms. The van der Waals surface area contributed by atoms with E-state index in [0.29, 0.717) is 42.2 Å². The van der Waals surface area contributed by atoms with Crippen molar-refractivity contribution in [3.8, 4) is 11.4 Å². The first-order valence-electron chi connectivity index (χ1n) is 12.7. The van der Waals surface area contributed by atoms with Crippen LogP contribution in [0, 0.1) is 11.6 Å². The smallest absolute Gasteiger partial charge is 0.435 e. The molecule has 7 nitrogen and oxygen atoms in total. The van der Waals surface area contributed by atoms with Gasteiger partial charge in [-0.05, 0) is 67.6 Å². The van der Waals surface area contributed by atoms with Crippen molar-refractivity contribution < 1.29 is 31.5 Å². The van der Waals surface area contributed by atoms with Gasteiger partial charge in [-0.25, -0.2) is 13.8 Å². The molecule has 1 aliphatic rings. The molecule has 0 saturated heterocycles. The number of nitrogens with zero attached hydrogens (tertiary/aromatic N) is 4. The minimum Gasteiger partial charge on any atom is -0.497 e. The molecule has 1 amide bonds. The third-order valence-corrected chi connectivity index (χ3v) is 6.85. The van der Waals surface area contributed by atoms with Gasteiger partial charge in [-0.15, -0.1) is 0 Å². The fraction of sp³-hybridized carbons (Fsp3) is 0.321. The van der Waals surface area contributed by atoms with E-state index in [1.54, 1.807) is 35.0 Å². The number of nitrogens with one attached hydrogen (secondary N) is 1. The number of alkyl halides is 3. The molecular formula is C28H26F5N5O2. The van der Waals surface area contributed by atoms with E-state index in [4.69, 9.17) is 4.74 Å². The predicted octanol–water partition coefficient (Wildman–Crippen LogP) is 5.35. The average Bonchev–Trinajstić information content (AvgIpc) is 3.53. The van der Waals surface area contributed by atoms with E-state index in [9.17, 15) is 26.7 Å². The Labute approximate surface area is 226 Å². The van der Waals surface area contributed by atoms with Gasteiger partial charge in [0.05, 0.1) is 13.2 Å². The van der Waals surface area contributed by atoms with Crippen molar-refractivity contribution in [3.63, 3.8) is 0 Å². The highest BCUT2D eigenvalue weighted by Gasteiger charge is 2.39. The molecule has 210 valence electrons. The van der Waals surface area contributed by atoms with Gasteiger partial charge in [-0.2, -0.15) is 18.3 Å². The fourth-order valence-corrected chi connectivity index (χ4v) is 5.11. The van der Waals surface area contributed by atoms with E-state index in [1.807, 2.05) is 0 Å². The molecule has 5 rings (SSSR count). The van der Waals surface area contributed by atoms with Gasteiger partial charge in [0.15, 0.2) is 5.69 Å². The number of benzene rings is 2. The molecule has 0 unspecified atom stereocenters. The lowest BCUT2D eigenvalue weighted by atomic mass is 9.95. The Balaban J connectivity index is 1.46. The monoisotopic (exact) mass is 559 g/mol. The van der Waals surface area contributed by atoms with Crippen molar-refractivity contribution in [2.45, 2.75) is 50.9 Å². The predicted molar refractivity (Wildman–Crippen MR) is 135 cm³/mol. The van der Waals surface area contributed by atoms with Gasteiger partial charge in [0.2, 0.25) is 5.91 Å². The summed E-state index contributed by atoms with van der Waals surface area (Å²) in [6.07, 6.45) is 0.485. The Hall–Kier alpha value is -4.22. The number of halogens is 5. The number of hydrogen-bond donors (Lipinski definition) is 1. The molecule has 2 aromatic carbocycles. The van der Waals surface area contributed by atoms with Crippen molar-refractivity contribution in [2.75, 3.05) is 7.11 Å². The number of carbonyl (C=O) groups is 1. The SMILES string of the molecule is COc1ccc(-n2ccnc2[C@@H](Cc2cc(F)cc(F)c2)NC(=O)Cn2nc(C(F)(F)F)c3c2CCCC3)cc1. The maximum atomic E-state index is 14.0. The van der Waals surface area contributed by atoms with Gasteiger partial charge in [-0.1, -0.05) is 0 Å². The summed E-state index contributed by atoms with van der Waals surface area (Å²) in [5.41, 5.74) is 0.527. The maximum Gasteiger partial charge on any atom is 0.435 e. The van der Waals surface area contributed by atoms with Crippen LogP contribution < -0.4 is 10.1 Å². The number of hydrogen-bond acceptors (Lipinski definition) is 4. The molecule has 1 atom stereocenters. The second-order valence-electron chi connectivity index (χ2n) is 9.59. The second kappa shape index (κ2) is 11.1. The molecule has 0 fully saturated rings. The second-order valence-corrected chi connectivity index (χ2v) is 9.59. The topological polar surface area (TPSA) is 74.0 Å². The number of ether oxygens (including phenoxy) is 1. The van der Waals surface area contributed by atoms with Crippen molar-refractivity contribution >= 4 is 5.91 Å². The molecule has 0 spiro atoms. The van der Waals surface area contributed by atoms with Crippen LogP contribution in [0.5, 0.6) is 5.75 Å². The Bertz CT molecular complexity index is 1490. The Kier molecular flexibility index (Phi) is 7.59. The zero-order chi connectivity index (χ0) is 28.4. The van der Waals surface area contributed by atoms with Gasteiger partial charge in [0, 0.05) is 41.8 Å². The highest BCUT2D eigenvalue weighted by Crippen LogP contribution is 2.36. The minimum absolute atomic E-state index is 0.0292. The van der Waals surface area contributed by atoms with E-state index in [2.05, 4.69) is 15.4 Å². The van der Waals surface area contributed by atoms with Crippen molar-refractivity contribution in [3.05, 3.63) is 94.8 Å². The molecule has 0 bridgehead atoms. The standard InChI is InChI=1S/C28H26F5N5O2/c1-40-21-8-6-20(7-9-21)37-11-10-34-27(37)23(14-17-12-18(29)15-19(30)13-17)35-25(39)16-38-24-5-3-2-4-22(24)26(36-38)28(31,32)33/h6-13,15,23H,2-5,14,16H2,1H3,(H,35,39)/t23-/m1/s1. The van der Waals surface area contributed by atoms with Crippen LogP contribution >= 0.6 is 0 Å². The first kappa shape index (κ1) is 27.4. The van der Waals surface area contributed by atoms with Crippen molar-refractivity contribution in [1.29, 1.82) is 0 Å². The summed E-state index contributed by atoms with van der Waals surface area (Å²) in [6, 6.07) is 9.22. The van der Waals surface area contributed by atoms with E-state index < -0.39 is 42.0 Å². The first-order chi connectivity index (χ1) is 19.1. The molecule has 2 heterocycles. The van der Waals surface area contributed by atoms with Crippen LogP contribution in [0.4, 0.5) is 22.0 Å². The quantitative estimate of drug-likeness (QED) is 0.296. The first-order valence-corrected chi connectivity index (χ1v) is 12.7. The van der Waals surface area contributed by atoms with Crippen LogP contribution in [0.15, 0.2) is 54.9 Å². The van der Waals surface area contributed by atoms with E-state index in [0.717, 1.165) is 22.9 Å². The largest absolute Gasteiger partial charge is 0.497 e. The van der Waals surface area contributed by atoms with Crippen LogP contribution in [0.1, 0.15) is 47.2 Å². The molecular weight excluding hydrogens is 533 g/mol. The third kappa shape index (κ3) is 5.85. The highest BCUT2D eigenvalue weighted by atomic mass is 19.4.